The highest BCUT2D eigenvalue weighted by molar-refractivity contribution is 5.68. The molecule has 33 heavy (non-hydrogen) atoms. The van der Waals surface area contributed by atoms with E-state index in [2.05, 4.69) is 21.4 Å². The Bertz CT molecular complexity index is 879. The predicted octanol–water partition coefficient (Wildman–Crippen LogP) is 2.66. The van der Waals surface area contributed by atoms with Gasteiger partial charge in [-0.3, -0.25) is 4.90 Å². The van der Waals surface area contributed by atoms with Crippen LogP contribution in [-0.2, 0) is 11.3 Å². The number of carbonyl (C=O) groups excluding carboxylic acids is 1. The lowest BCUT2D eigenvalue weighted by Gasteiger charge is -2.46. The van der Waals surface area contributed by atoms with Crippen molar-refractivity contribution < 1.29 is 41.0 Å². The second-order valence-electron chi connectivity index (χ2n) is 7.80. The van der Waals surface area contributed by atoms with Crippen LogP contribution in [0.4, 0.5) is 31.1 Å². The molecule has 8 nitrogen and oxygen atoms in total. The van der Waals surface area contributed by atoms with E-state index in [1.165, 1.54) is 17.1 Å². The first-order chi connectivity index (χ1) is 15.2. The second kappa shape index (κ2) is 10.1. The Kier molecular flexibility index (Phi) is 8.17. The molecule has 2 heterocycles. The summed E-state index contributed by atoms with van der Waals surface area (Å²) in [6.45, 7) is 5.01. The van der Waals surface area contributed by atoms with Crippen molar-refractivity contribution in [3.8, 4) is 0 Å². The van der Waals surface area contributed by atoms with Gasteiger partial charge >= 0.3 is 18.4 Å². The fourth-order valence-electron chi connectivity index (χ4n) is 3.39. The van der Waals surface area contributed by atoms with Gasteiger partial charge in [0, 0.05) is 31.0 Å². The number of likely N-dealkylation sites (tertiary alicyclic amines) is 1. The lowest BCUT2D eigenvalue weighted by molar-refractivity contribution is -0.308. The van der Waals surface area contributed by atoms with Gasteiger partial charge in [0.15, 0.2) is 0 Å². The van der Waals surface area contributed by atoms with E-state index >= 15 is 0 Å². The maximum atomic E-state index is 12.6. The topological polar surface area (TPSA) is 83.2 Å². The van der Waals surface area contributed by atoms with Crippen LogP contribution in [0.25, 0.3) is 0 Å². The Hall–Kier alpha value is -2.61. The SMILES string of the molecule is C=CN=c1cccnn1CC(O)N(C)C1(C)CCN(C(=O)OC(C(F)(F)F)C(F)(F)F)CC1. The van der Waals surface area contributed by atoms with Crippen molar-refractivity contribution in [1.82, 2.24) is 19.6 Å². The number of hydrogen-bond acceptors (Lipinski definition) is 6. The van der Waals surface area contributed by atoms with E-state index in [0.717, 1.165) is 4.90 Å². The molecule has 0 aromatic carbocycles. The summed E-state index contributed by atoms with van der Waals surface area (Å²) < 4.78 is 81.1. The normalized spacial score (nSPS) is 18.5. The van der Waals surface area contributed by atoms with Crippen molar-refractivity contribution in [2.24, 2.45) is 4.99 Å². The van der Waals surface area contributed by atoms with Crippen molar-refractivity contribution >= 4 is 6.09 Å². The van der Waals surface area contributed by atoms with Crippen LogP contribution in [0.5, 0.6) is 0 Å². The molecule has 1 aromatic heterocycles. The highest BCUT2D eigenvalue weighted by atomic mass is 19.4. The molecule has 1 amide bonds. The first-order valence-corrected chi connectivity index (χ1v) is 9.86. The summed E-state index contributed by atoms with van der Waals surface area (Å²) in [7, 11) is 1.62. The maximum Gasteiger partial charge on any atom is 0.434 e. The highest BCUT2D eigenvalue weighted by Crippen LogP contribution is 2.36. The number of likely N-dealkylation sites (N-methyl/N-ethyl adjacent to an activating group) is 1. The summed E-state index contributed by atoms with van der Waals surface area (Å²) in [5, 5.41) is 14.8. The average Bonchev–Trinajstić information content (AvgIpc) is 2.71. The zero-order valence-corrected chi connectivity index (χ0v) is 18.0. The summed E-state index contributed by atoms with van der Waals surface area (Å²) in [4.78, 5) is 18.4. The molecular weight excluding hydrogens is 460 g/mol. The number of carbonyl (C=O) groups is 1. The van der Waals surface area contributed by atoms with E-state index in [9.17, 15) is 36.2 Å². The van der Waals surface area contributed by atoms with Crippen molar-refractivity contribution in [2.45, 2.75) is 56.5 Å². The molecule has 2 rings (SSSR count). The van der Waals surface area contributed by atoms with E-state index in [1.807, 2.05) is 0 Å². The number of alkyl halides is 6. The molecule has 1 N–H and O–H groups in total. The largest absolute Gasteiger partial charge is 0.434 e. The first kappa shape index (κ1) is 26.6. The third-order valence-electron chi connectivity index (χ3n) is 5.57. The van der Waals surface area contributed by atoms with E-state index in [0.29, 0.717) is 5.49 Å². The smallest absolute Gasteiger partial charge is 0.426 e. The van der Waals surface area contributed by atoms with Crippen LogP contribution >= 0.6 is 0 Å². The Balaban J connectivity index is 2.02. The molecule has 186 valence electrons. The molecule has 1 aliphatic heterocycles. The molecule has 0 radical (unpaired) electrons. The van der Waals surface area contributed by atoms with Gasteiger partial charge in [-0.15, -0.1) is 0 Å². The van der Waals surface area contributed by atoms with Gasteiger partial charge in [-0.1, -0.05) is 6.58 Å². The molecule has 1 unspecified atom stereocenters. The Morgan fingerprint density at radius 2 is 1.91 bits per heavy atom. The fourth-order valence-corrected chi connectivity index (χ4v) is 3.39. The van der Waals surface area contributed by atoms with Crippen molar-refractivity contribution in [1.29, 1.82) is 0 Å². The molecule has 1 atom stereocenters. The van der Waals surface area contributed by atoms with Crippen molar-refractivity contribution in [3.05, 3.63) is 36.6 Å². The van der Waals surface area contributed by atoms with Gasteiger partial charge in [0.25, 0.3) is 6.10 Å². The second-order valence-corrected chi connectivity index (χ2v) is 7.80. The number of rotatable bonds is 6. The van der Waals surface area contributed by atoms with E-state index < -0.39 is 36.3 Å². The number of amides is 1. The van der Waals surface area contributed by atoms with Crippen LogP contribution in [0.1, 0.15) is 19.8 Å². The van der Waals surface area contributed by atoms with Crippen LogP contribution in [0.3, 0.4) is 0 Å². The molecule has 0 aliphatic carbocycles. The van der Waals surface area contributed by atoms with Gasteiger partial charge in [0.05, 0.1) is 6.54 Å². The molecule has 0 spiro atoms. The van der Waals surface area contributed by atoms with Crippen LogP contribution in [0.15, 0.2) is 36.1 Å². The van der Waals surface area contributed by atoms with Gasteiger partial charge in [0.1, 0.15) is 11.7 Å². The molecule has 1 saturated heterocycles. The molecule has 0 saturated carbocycles. The lowest BCUT2D eigenvalue weighted by atomic mass is 9.88. The first-order valence-electron chi connectivity index (χ1n) is 9.86. The zero-order valence-electron chi connectivity index (χ0n) is 18.0. The van der Waals surface area contributed by atoms with Crippen LogP contribution in [-0.4, -0.2) is 81.1 Å². The standard InChI is InChI=1S/C19H25F6N5O3/c1-4-26-13-6-5-9-27-30(13)12-14(31)28(3)17(2)7-10-29(11-8-17)16(32)33-15(18(20,21)22)19(23,24)25/h4-6,9,14-15,31H,1,7-8,10-12H2,2-3H3. The third kappa shape index (κ3) is 6.69. The van der Waals surface area contributed by atoms with E-state index in [-0.39, 0.29) is 32.5 Å². The monoisotopic (exact) mass is 485 g/mol. The summed E-state index contributed by atoms with van der Waals surface area (Å²) in [5.74, 6) is 0. The summed E-state index contributed by atoms with van der Waals surface area (Å²) in [6, 6.07) is 3.33. The zero-order chi connectivity index (χ0) is 25.0. The highest BCUT2D eigenvalue weighted by Gasteiger charge is 2.60. The van der Waals surface area contributed by atoms with Crippen LogP contribution < -0.4 is 5.49 Å². The van der Waals surface area contributed by atoms with E-state index in [4.69, 9.17) is 0 Å². The van der Waals surface area contributed by atoms with Crippen LogP contribution in [0.2, 0.25) is 0 Å². The number of piperidine rings is 1. The quantitative estimate of drug-likeness (QED) is 0.495. The van der Waals surface area contributed by atoms with Crippen molar-refractivity contribution in [3.63, 3.8) is 0 Å². The number of aliphatic hydroxyl groups is 1. The number of aliphatic hydroxyl groups excluding tert-OH is 1. The van der Waals surface area contributed by atoms with E-state index in [1.54, 1.807) is 31.0 Å². The van der Waals surface area contributed by atoms with Gasteiger partial charge in [-0.25, -0.2) is 14.5 Å². The number of hydrogen-bond donors (Lipinski definition) is 1. The average molecular weight is 485 g/mol. The van der Waals surface area contributed by atoms with Gasteiger partial charge in [-0.2, -0.15) is 31.4 Å². The van der Waals surface area contributed by atoms with Gasteiger partial charge < -0.3 is 14.7 Å². The Labute approximate surface area is 185 Å². The molecule has 0 bridgehead atoms. The summed E-state index contributed by atoms with van der Waals surface area (Å²) in [5.41, 5.74) is -0.249. The Morgan fingerprint density at radius 1 is 1.33 bits per heavy atom. The maximum absolute atomic E-state index is 12.6. The number of ether oxygens (including phenoxy) is 1. The van der Waals surface area contributed by atoms with Crippen LogP contribution in [0, 0.1) is 0 Å². The predicted molar refractivity (Wildman–Crippen MR) is 103 cm³/mol. The number of nitrogens with zero attached hydrogens (tertiary/aromatic N) is 5. The molecular formula is C19H25F6N5O3. The molecule has 1 aromatic rings. The summed E-state index contributed by atoms with van der Waals surface area (Å²) in [6.07, 6.45) is -15.3. The minimum atomic E-state index is -5.78. The fraction of sp³-hybridized carbons (Fsp3) is 0.632. The van der Waals surface area contributed by atoms with Gasteiger partial charge in [0.2, 0.25) is 0 Å². The van der Waals surface area contributed by atoms with Gasteiger partial charge in [-0.05, 0) is 38.9 Å². The molecule has 14 heteroatoms. The summed E-state index contributed by atoms with van der Waals surface area (Å²) >= 11 is 0. The minimum absolute atomic E-state index is 0.0319. The Morgan fingerprint density at radius 3 is 2.42 bits per heavy atom. The third-order valence-corrected chi connectivity index (χ3v) is 5.57. The lowest BCUT2D eigenvalue weighted by Crippen LogP contribution is -2.58. The number of halogens is 6. The molecule has 1 aliphatic rings. The molecule has 1 fully saturated rings. The number of aromatic nitrogens is 2. The van der Waals surface area contributed by atoms with Crippen molar-refractivity contribution in [2.75, 3.05) is 20.1 Å². The minimum Gasteiger partial charge on any atom is -0.426 e.